The normalized spacial score (nSPS) is 21.5. The Labute approximate surface area is 149 Å². The first-order valence-electron chi connectivity index (χ1n) is 8.67. The Morgan fingerprint density at radius 1 is 1.44 bits per heavy atom. The number of fused-ring (bicyclic) bond motifs is 1. The number of rotatable bonds is 3. The highest BCUT2D eigenvalue weighted by Crippen LogP contribution is 2.28. The molecule has 0 aromatic carbocycles. The van der Waals surface area contributed by atoms with Crippen molar-refractivity contribution in [1.82, 2.24) is 9.88 Å². The Hall–Kier alpha value is -2.62. The zero-order valence-corrected chi connectivity index (χ0v) is 15.1. The van der Waals surface area contributed by atoms with Crippen molar-refractivity contribution in [3.63, 3.8) is 0 Å². The van der Waals surface area contributed by atoms with Crippen LogP contribution in [0.1, 0.15) is 48.9 Å². The number of carbonyl (C=O) groups excluding carboxylic acids is 1. The predicted octanol–water partition coefficient (Wildman–Crippen LogP) is 4.45. The highest BCUT2D eigenvalue weighted by atomic mass is 16.2. The van der Waals surface area contributed by atoms with E-state index < -0.39 is 0 Å². The minimum Gasteiger partial charge on any atom is -0.351 e. The van der Waals surface area contributed by atoms with E-state index >= 15 is 0 Å². The molecule has 2 N–H and O–H groups in total. The Morgan fingerprint density at radius 3 is 2.88 bits per heavy atom. The van der Waals surface area contributed by atoms with Crippen LogP contribution < -0.4 is 0 Å². The van der Waals surface area contributed by atoms with E-state index in [0.29, 0.717) is 23.9 Å². The van der Waals surface area contributed by atoms with Gasteiger partial charge in [0.2, 0.25) is 0 Å². The van der Waals surface area contributed by atoms with Crippen LogP contribution in [0, 0.1) is 11.3 Å². The number of nitrogens with zero attached hydrogens (tertiary/aromatic N) is 1. The molecule has 1 saturated heterocycles. The average molecular weight is 335 g/mol. The smallest absolute Gasteiger partial charge is 0.270 e. The van der Waals surface area contributed by atoms with Gasteiger partial charge in [0, 0.05) is 30.1 Å². The van der Waals surface area contributed by atoms with Crippen molar-refractivity contribution < 1.29 is 4.79 Å². The molecule has 0 saturated carbocycles. The fourth-order valence-corrected chi connectivity index (χ4v) is 3.51. The molecule has 2 heterocycles. The van der Waals surface area contributed by atoms with Gasteiger partial charge in [0.1, 0.15) is 5.69 Å². The Balaban J connectivity index is 1.87. The molecule has 1 aromatic heterocycles. The predicted molar refractivity (Wildman–Crippen MR) is 104 cm³/mol. The number of likely N-dealkylation sites (tertiary alicyclic amines) is 1. The van der Waals surface area contributed by atoms with E-state index in [1.807, 2.05) is 35.3 Å². The number of H-pyrrole nitrogens is 1. The van der Waals surface area contributed by atoms with Crippen LogP contribution in [-0.2, 0) is 0 Å². The second-order valence-electron chi connectivity index (χ2n) is 6.95. The lowest BCUT2D eigenvalue weighted by Crippen LogP contribution is -2.28. The van der Waals surface area contributed by atoms with E-state index in [2.05, 4.69) is 25.4 Å². The van der Waals surface area contributed by atoms with Crippen LogP contribution in [-0.4, -0.2) is 34.6 Å². The fraction of sp³-hybridized carbons (Fsp3) is 0.333. The van der Waals surface area contributed by atoms with Gasteiger partial charge in [-0.2, -0.15) is 0 Å². The standard InChI is InChI=1S/C21H25N3O/c1-5-13(2)18-12-24(11-14(18)3)21(25)20-10-17-9-16(15(4)22)7-6-8-19(17)23-20/h5-6,8-10,14,22-23H,1,7,11-12H2,2-4H3/b18-13-,22-15?. The number of allylic oxidation sites excluding steroid dienone is 4. The van der Waals surface area contributed by atoms with Gasteiger partial charge in [-0.1, -0.05) is 31.2 Å². The molecule has 3 rings (SSSR count). The van der Waals surface area contributed by atoms with Crippen LogP contribution in [0.25, 0.3) is 12.2 Å². The molecule has 1 aliphatic heterocycles. The van der Waals surface area contributed by atoms with E-state index in [4.69, 9.17) is 5.41 Å². The van der Waals surface area contributed by atoms with Gasteiger partial charge < -0.3 is 15.3 Å². The maximum atomic E-state index is 12.9. The molecule has 130 valence electrons. The number of amides is 1. The van der Waals surface area contributed by atoms with Crippen LogP contribution >= 0.6 is 0 Å². The third-order valence-electron chi connectivity index (χ3n) is 5.09. The van der Waals surface area contributed by atoms with Gasteiger partial charge in [-0.15, -0.1) is 0 Å². The molecule has 0 radical (unpaired) electrons. The Bertz CT molecular complexity index is 835. The zero-order valence-electron chi connectivity index (χ0n) is 15.1. The summed E-state index contributed by atoms with van der Waals surface area (Å²) in [4.78, 5) is 18.1. The maximum absolute atomic E-state index is 12.9. The van der Waals surface area contributed by atoms with Crippen LogP contribution in [0.15, 0.2) is 41.5 Å². The summed E-state index contributed by atoms with van der Waals surface area (Å²) in [5.41, 5.74) is 6.53. The molecule has 1 amide bonds. The number of nitrogens with one attached hydrogen (secondary N) is 2. The Kier molecular flexibility index (Phi) is 4.62. The van der Waals surface area contributed by atoms with E-state index in [1.165, 1.54) is 11.1 Å². The Morgan fingerprint density at radius 2 is 2.20 bits per heavy atom. The van der Waals surface area contributed by atoms with E-state index in [-0.39, 0.29) is 5.91 Å². The number of hydrogen-bond acceptors (Lipinski definition) is 2. The molecule has 1 aromatic rings. The molecule has 0 spiro atoms. The monoisotopic (exact) mass is 335 g/mol. The summed E-state index contributed by atoms with van der Waals surface area (Å²) in [5.74, 6) is 0.392. The zero-order chi connectivity index (χ0) is 18.1. The van der Waals surface area contributed by atoms with E-state index in [1.54, 1.807) is 6.92 Å². The molecule has 25 heavy (non-hydrogen) atoms. The quantitative estimate of drug-likeness (QED) is 0.788. The summed E-state index contributed by atoms with van der Waals surface area (Å²) in [6.45, 7) is 11.3. The summed E-state index contributed by atoms with van der Waals surface area (Å²) in [5, 5.41) is 7.86. The molecule has 1 fully saturated rings. The maximum Gasteiger partial charge on any atom is 0.270 e. The molecule has 1 atom stereocenters. The van der Waals surface area contributed by atoms with Crippen molar-refractivity contribution in [1.29, 1.82) is 5.41 Å². The first-order valence-corrected chi connectivity index (χ1v) is 8.67. The highest BCUT2D eigenvalue weighted by molar-refractivity contribution is 6.02. The van der Waals surface area contributed by atoms with Gasteiger partial charge in [0.15, 0.2) is 0 Å². The van der Waals surface area contributed by atoms with Gasteiger partial charge in [0.25, 0.3) is 5.91 Å². The number of aromatic amines is 1. The average Bonchev–Trinajstić information content (AvgIpc) is 3.10. The van der Waals surface area contributed by atoms with Gasteiger partial charge in [-0.05, 0) is 55.6 Å². The van der Waals surface area contributed by atoms with E-state index in [9.17, 15) is 4.79 Å². The van der Waals surface area contributed by atoms with Crippen LogP contribution in [0.2, 0.25) is 0 Å². The van der Waals surface area contributed by atoms with Crippen LogP contribution in [0.4, 0.5) is 0 Å². The van der Waals surface area contributed by atoms with Crippen LogP contribution in [0.3, 0.4) is 0 Å². The van der Waals surface area contributed by atoms with E-state index in [0.717, 1.165) is 29.8 Å². The third-order valence-corrected chi connectivity index (χ3v) is 5.09. The topological polar surface area (TPSA) is 60.0 Å². The lowest BCUT2D eigenvalue weighted by molar-refractivity contribution is 0.0785. The SMILES string of the molecule is C=C/C(C)=C1/CN(C(=O)c2cc3c([nH]2)C=CCC(C(C)=N)=C3)CC1C. The number of hydrogen-bond donors (Lipinski definition) is 2. The first-order chi connectivity index (χ1) is 11.9. The minimum absolute atomic E-state index is 0.0294. The number of carbonyl (C=O) groups is 1. The largest absolute Gasteiger partial charge is 0.351 e. The third kappa shape index (κ3) is 3.29. The molecular formula is C21H25N3O. The lowest BCUT2D eigenvalue weighted by atomic mass is 10.0. The highest BCUT2D eigenvalue weighted by Gasteiger charge is 2.30. The second-order valence-corrected chi connectivity index (χ2v) is 6.95. The van der Waals surface area contributed by atoms with Gasteiger partial charge >= 0.3 is 0 Å². The summed E-state index contributed by atoms with van der Waals surface area (Å²) < 4.78 is 0. The van der Waals surface area contributed by atoms with Gasteiger partial charge in [-0.3, -0.25) is 4.79 Å². The molecule has 0 bridgehead atoms. The summed E-state index contributed by atoms with van der Waals surface area (Å²) in [6.07, 6.45) is 8.66. The molecule has 2 aliphatic rings. The lowest BCUT2D eigenvalue weighted by Gasteiger charge is -2.14. The first kappa shape index (κ1) is 17.2. The van der Waals surface area contributed by atoms with Gasteiger partial charge in [0.05, 0.1) is 0 Å². The molecule has 1 aliphatic carbocycles. The van der Waals surface area contributed by atoms with Crippen molar-refractivity contribution in [3.8, 4) is 0 Å². The summed E-state index contributed by atoms with van der Waals surface area (Å²) in [7, 11) is 0. The molecule has 4 nitrogen and oxygen atoms in total. The van der Waals surface area contributed by atoms with Crippen molar-refractivity contribution >= 4 is 23.8 Å². The molecular weight excluding hydrogens is 310 g/mol. The van der Waals surface area contributed by atoms with Crippen molar-refractivity contribution in [2.24, 2.45) is 5.92 Å². The molecule has 4 heteroatoms. The van der Waals surface area contributed by atoms with Crippen LogP contribution in [0.5, 0.6) is 0 Å². The van der Waals surface area contributed by atoms with Crippen molar-refractivity contribution in [2.45, 2.75) is 27.2 Å². The minimum atomic E-state index is 0.0294. The fourth-order valence-electron chi connectivity index (χ4n) is 3.51. The summed E-state index contributed by atoms with van der Waals surface area (Å²) in [6, 6.07) is 1.91. The van der Waals surface area contributed by atoms with Crippen molar-refractivity contribution in [3.05, 3.63) is 58.5 Å². The number of aromatic nitrogens is 1. The second kappa shape index (κ2) is 6.71. The molecule has 1 unspecified atom stereocenters. The van der Waals surface area contributed by atoms with Crippen molar-refractivity contribution in [2.75, 3.05) is 13.1 Å². The van der Waals surface area contributed by atoms with Gasteiger partial charge in [-0.25, -0.2) is 0 Å². The summed E-state index contributed by atoms with van der Waals surface area (Å²) >= 11 is 0.